The lowest BCUT2D eigenvalue weighted by Gasteiger charge is -2.33. The molecule has 0 aliphatic carbocycles. The zero-order valence-corrected chi connectivity index (χ0v) is 20.7. The predicted octanol–water partition coefficient (Wildman–Crippen LogP) is 5.59. The van der Waals surface area contributed by atoms with Crippen molar-refractivity contribution in [3.63, 3.8) is 0 Å². The minimum atomic E-state index is -0.382. The Morgan fingerprint density at radius 3 is 2.50 bits per heavy atom. The standard InChI is InChI=1S/C28H26ClN5O2/c1-19(35)27-31-34(20-7-3-2-4-8-20)28(23-18-30-25-10-6-5-9-22(23)25)33(27)21-11-12-26(24(29)17-21)32-13-15-36-16-14-32/h2-12,17-18,28,30H,13-16H2,1H3/t28-/m1/s1. The van der Waals surface area contributed by atoms with E-state index in [0.29, 0.717) is 24.1 Å². The van der Waals surface area contributed by atoms with Gasteiger partial charge in [-0.1, -0.05) is 48.0 Å². The summed E-state index contributed by atoms with van der Waals surface area (Å²) in [5, 5.41) is 8.46. The smallest absolute Gasteiger partial charge is 0.198 e. The van der Waals surface area contributed by atoms with E-state index in [1.165, 1.54) is 0 Å². The van der Waals surface area contributed by atoms with E-state index < -0.39 is 0 Å². The number of rotatable bonds is 5. The Morgan fingerprint density at radius 1 is 1.00 bits per heavy atom. The van der Waals surface area contributed by atoms with Crippen molar-refractivity contribution in [1.82, 2.24) is 4.98 Å². The summed E-state index contributed by atoms with van der Waals surface area (Å²) in [5.74, 6) is 0.246. The second-order valence-corrected chi connectivity index (χ2v) is 9.34. The van der Waals surface area contributed by atoms with Crippen LogP contribution in [-0.2, 0) is 9.53 Å². The van der Waals surface area contributed by atoms with Crippen molar-refractivity contribution < 1.29 is 9.53 Å². The molecular weight excluding hydrogens is 474 g/mol. The highest BCUT2D eigenvalue weighted by Gasteiger charge is 2.40. The minimum absolute atomic E-state index is 0.119. The molecule has 0 unspecified atom stereocenters. The first-order valence-electron chi connectivity index (χ1n) is 12.0. The molecule has 0 spiro atoms. The number of aromatic amines is 1. The van der Waals surface area contributed by atoms with Crippen LogP contribution in [0.25, 0.3) is 10.9 Å². The van der Waals surface area contributed by atoms with E-state index in [9.17, 15) is 4.79 Å². The topological polar surface area (TPSA) is 64.2 Å². The van der Waals surface area contributed by atoms with Crippen molar-refractivity contribution in [1.29, 1.82) is 0 Å². The number of fused-ring (bicyclic) bond motifs is 1. The molecule has 3 aromatic carbocycles. The zero-order chi connectivity index (χ0) is 24.6. The van der Waals surface area contributed by atoms with Crippen molar-refractivity contribution >= 4 is 51.2 Å². The van der Waals surface area contributed by atoms with E-state index >= 15 is 0 Å². The number of Topliss-reactive ketones (excluding diaryl/α,β-unsaturated/α-hetero) is 1. The highest BCUT2D eigenvalue weighted by atomic mass is 35.5. The quantitative estimate of drug-likeness (QED) is 0.388. The number of para-hydroxylation sites is 2. The van der Waals surface area contributed by atoms with Crippen LogP contribution >= 0.6 is 11.6 Å². The maximum atomic E-state index is 12.9. The van der Waals surface area contributed by atoms with Crippen LogP contribution in [0.5, 0.6) is 0 Å². The van der Waals surface area contributed by atoms with Crippen molar-refractivity contribution in [2.24, 2.45) is 5.10 Å². The van der Waals surface area contributed by atoms with Crippen LogP contribution in [0.4, 0.5) is 17.1 Å². The fourth-order valence-electron chi connectivity index (χ4n) is 5.00. The molecule has 1 N–H and O–H groups in total. The van der Waals surface area contributed by atoms with Crippen LogP contribution in [-0.4, -0.2) is 42.9 Å². The SMILES string of the molecule is CC(=O)C1=NN(c2ccccc2)[C@H](c2c[nH]c3ccccc23)N1c1ccc(N2CCOCC2)c(Cl)c1. The Balaban J connectivity index is 1.50. The van der Waals surface area contributed by atoms with Gasteiger partial charge in [0.15, 0.2) is 17.8 Å². The molecule has 0 saturated carbocycles. The number of H-pyrrole nitrogens is 1. The maximum Gasteiger partial charge on any atom is 0.198 e. The van der Waals surface area contributed by atoms with Gasteiger partial charge in [0.25, 0.3) is 0 Å². The van der Waals surface area contributed by atoms with Crippen molar-refractivity contribution in [3.05, 3.63) is 89.6 Å². The van der Waals surface area contributed by atoms with Crippen LogP contribution in [0, 0.1) is 0 Å². The third kappa shape index (κ3) is 3.90. The summed E-state index contributed by atoms with van der Waals surface area (Å²) in [6.45, 7) is 4.50. The van der Waals surface area contributed by atoms with Crippen LogP contribution in [0.3, 0.4) is 0 Å². The number of carbonyl (C=O) groups is 1. The van der Waals surface area contributed by atoms with Crippen LogP contribution < -0.4 is 14.8 Å². The molecule has 1 fully saturated rings. The minimum Gasteiger partial charge on any atom is -0.378 e. The Bertz CT molecular complexity index is 1440. The summed E-state index contributed by atoms with van der Waals surface area (Å²) < 4.78 is 5.50. The lowest BCUT2D eigenvalue weighted by molar-refractivity contribution is -0.111. The van der Waals surface area contributed by atoms with Gasteiger partial charge in [0, 0.05) is 48.4 Å². The number of anilines is 3. The van der Waals surface area contributed by atoms with Crippen LogP contribution in [0.1, 0.15) is 18.7 Å². The first-order valence-corrected chi connectivity index (χ1v) is 12.4. The average Bonchev–Trinajstić information content (AvgIpc) is 3.51. The highest BCUT2D eigenvalue weighted by Crippen LogP contribution is 2.43. The maximum absolute atomic E-state index is 12.9. The number of ether oxygens (including phenoxy) is 1. The summed E-state index contributed by atoms with van der Waals surface area (Å²) in [4.78, 5) is 20.5. The molecule has 4 aromatic rings. The van der Waals surface area contributed by atoms with Gasteiger partial charge < -0.3 is 14.6 Å². The van der Waals surface area contributed by atoms with Gasteiger partial charge in [-0.3, -0.25) is 9.69 Å². The van der Waals surface area contributed by atoms with E-state index in [2.05, 4.69) is 16.0 Å². The fourth-order valence-corrected chi connectivity index (χ4v) is 5.29. The summed E-state index contributed by atoms with van der Waals surface area (Å²) in [5.41, 5.74) is 4.71. The number of amidine groups is 1. The van der Waals surface area contributed by atoms with E-state index in [4.69, 9.17) is 21.4 Å². The molecule has 182 valence electrons. The van der Waals surface area contributed by atoms with E-state index in [0.717, 1.165) is 46.6 Å². The van der Waals surface area contributed by atoms with Gasteiger partial charge in [-0.25, -0.2) is 5.01 Å². The molecule has 0 radical (unpaired) electrons. The molecule has 1 saturated heterocycles. The molecule has 2 aliphatic heterocycles. The second-order valence-electron chi connectivity index (χ2n) is 8.93. The highest BCUT2D eigenvalue weighted by molar-refractivity contribution is 6.44. The second kappa shape index (κ2) is 9.33. The molecule has 1 aromatic heterocycles. The normalized spacial score (nSPS) is 18.1. The van der Waals surface area contributed by atoms with Gasteiger partial charge in [0.1, 0.15) is 0 Å². The number of aromatic nitrogens is 1. The van der Waals surface area contributed by atoms with Crippen LogP contribution in [0.2, 0.25) is 5.02 Å². The molecule has 7 nitrogen and oxygen atoms in total. The largest absolute Gasteiger partial charge is 0.378 e. The van der Waals surface area contributed by atoms with Gasteiger partial charge >= 0.3 is 0 Å². The van der Waals surface area contributed by atoms with Gasteiger partial charge in [-0.15, -0.1) is 5.10 Å². The van der Waals surface area contributed by atoms with Gasteiger partial charge in [0.05, 0.1) is 29.6 Å². The molecule has 36 heavy (non-hydrogen) atoms. The zero-order valence-electron chi connectivity index (χ0n) is 19.9. The lowest BCUT2D eigenvalue weighted by Crippen LogP contribution is -2.38. The summed E-state index contributed by atoms with van der Waals surface area (Å²) in [6, 6.07) is 24.1. The number of nitrogens with zero attached hydrogens (tertiary/aromatic N) is 4. The molecule has 0 bridgehead atoms. The third-order valence-electron chi connectivity index (χ3n) is 6.70. The predicted molar refractivity (Wildman–Crippen MR) is 145 cm³/mol. The number of carbonyl (C=O) groups excluding carboxylic acids is 1. The third-order valence-corrected chi connectivity index (χ3v) is 7.01. The Kier molecular flexibility index (Phi) is 5.87. The summed E-state index contributed by atoms with van der Waals surface area (Å²) in [6.07, 6.45) is 1.62. The molecular formula is C28H26ClN5O2. The summed E-state index contributed by atoms with van der Waals surface area (Å²) in [7, 11) is 0. The van der Waals surface area contributed by atoms with E-state index in [1.54, 1.807) is 6.92 Å². The van der Waals surface area contributed by atoms with Crippen molar-refractivity contribution in [2.45, 2.75) is 13.1 Å². The molecule has 0 amide bonds. The first kappa shape index (κ1) is 22.6. The number of morpholine rings is 1. The number of ketones is 1. The molecule has 8 heteroatoms. The van der Waals surface area contributed by atoms with Gasteiger partial charge in [-0.2, -0.15) is 0 Å². The van der Waals surface area contributed by atoms with E-state index in [1.807, 2.05) is 82.8 Å². The fraction of sp³-hybridized carbons (Fsp3) is 0.214. The average molecular weight is 500 g/mol. The number of hydrogen-bond donors (Lipinski definition) is 1. The molecule has 3 heterocycles. The molecule has 2 aliphatic rings. The van der Waals surface area contributed by atoms with Gasteiger partial charge in [-0.05, 0) is 36.4 Å². The molecule has 6 rings (SSSR count). The number of benzene rings is 3. The summed E-state index contributed by atoms with van der Waals surface area (Å²) >= 11 is 6.84. The van der Waals surface area contributed by atoms with Crippen molar-refractivity contribution in [2.75, 3.05) is 41.1 Å². The molecule has 1 atom stereocenters. The first-order chi connectivity index (χ1) is 17.6. The van der Waals surface area contributed by atoms with E-state index in [-0.39, 0.29) is 11.9 Å². The van der Waals surface area contributed by atoms with Crippen molar-refractivity contribution in [3.8, 4) is 0 Å². The van der Waals surface area contributed by atoms with Gasteiger partial charge in [0.2, 0.25) is 0 Å². The number of hydrogen-bond acceptors (Lipinski definition) is 6. The van der Waals surface area contributed by atoms with Crippen LogP contribution in [0.15, 0.2) is 84.1 Å². The Labute approximate surface area is 214 Å². The Morgan fingerprint density at radius 2 is 1.75 bits per heavy atom. The Hall–Kier alpha value is -3.81. The number of nitrogens with one attached hydrogen (secondary N) is 1. The lowest BCUT2D eigenvalue weighted by atomic mass is 10.1. The number of halogens is 1. The number of hydrazone groups is 1. The monoisotopic (exact) mass is 499 g/mol.